The lowest BCUT2D eigenvalue weighted by Crippen LogP contribution is -2.31. The average Bonchev–Trinajstić information content (AvgIpc) is 2.30. The zero-order chi connectivity index (χ0) is 13.3. The Hall–Kier alpha value is -1.44. The molecule has 1 aromatic carbocycles. The van der Waals surface area contributed by atoms with Gasteiger partial charge in [-0.15, -0.1) is 0 Å². The maximum absolute atomic E-state index is 13.1. The first-order chi connectivity index (χ1) is 8.47. The minimum absolute atomic E-state index is 0.231. The molecule has 0 fully saturated rings. The number of aryl methyl sites for hydroxylation is 1. The molecule has 1 aromatic heterocycles. The van der Waals surface area contributed by atoms with Gasteiger partial charge in [-0.2, -0.15) is 0 Å². The molecule has 1 N–H and O–H groups in total. The monoisotopic (exact) mass is 360 g/mol. The summed E-state index contributed by atoms with van der Waals surface area (Å²) in [6.45, 7) is 2.08. The van der Waals surface area contributed by atoms with Crippen LogP contribution >= 0.6 is 22.6 Å². The van der Waals surface area contributed by atoms with Gasteiger partial charge in [0.15, 0.2) is 0 Å². The van der Waals surface area contributed by atoms with E-state index < -0.39 is 11.2 Å². The van der Waals surface area contributed by atoms with Crippen LogP contribution in [0.2, 0.25) is 0 Å². The number of halogens is 2. The van der Waals surface area contributed by atoms with Gasteiger partial charge in [-0.05, 0) is 52.8 Å². The van der Waals surface area contributed by atoms with Crippen LogP contribution in [0.25, 0.3) is 0 Å². The molecule has 0 spiro atoms. The lowest BCUT2D eigenvalue weighted by Gasteiger charge is -2.08. The fourth-order valence-corrected chi connectivity index (χ4v) is 2.07. The van der Waals surface area contributed by atoms with Crippen LogP contribution in [0.4, 0.5) is 4.39 Å². The van der Waals surface area contributed by atoms with Crippen molar-refractivity contribution in [2.45, 2.75) is 13.5 Å². The maximum atomic E-state index is 13.1. The highest BCUT2D eigenvalue weighted by atomic mass is 127. The first-order valence-corrected chi connectivity index (χ1v) is 6.29. The van der Waals surface area contributed by atoms with Crippen molar-refractivity contribution in [2.24, 2.45) is 0 Å². The fourth-order valence-electron chi connectivity index (χ4n) is 1.59. The van der Waals surface area contributed by atoms with Crippen molar-refractivity contribution in [1.82, 2.24) is 9.55 Å². The first-order valence-electron chi connectivity index (χ1n) is 5.21. The molecule has 6 heteroatoms. The van der Waals surface area contributed by atoms with Gasteiger partial charge in [-0.25, -0.2) is 9.18 Å². The summed E-state index contributed by atoms with van der Waals surface area (Å²) in [5.41, 5.74) is 0.696. The van der Waals surface area contributed by atoms with E-state index in [-0.39, 0.29) is 12.4 Å². The van der Waals surface area contributed by atoms with Gasteiger partial charge in [0, 0.05) is 6.20 Å². The number of H-pyrrole nitrogens is 1. The molecule has 18 heavy (non-hydrogen) atoms. The van der Waals surface area contributed by atoms with Crippen molar-refractivity contribution in [3.8, 4) is 0 Å². The van der Waals surface area contributed by atoms with Crippen molar-refractivity contribution in [3.05, 3.63) is 65.7 Å². The molecule has 0 radical (unpaired) electrons. The van der Waals surface area contributed by atoms with Gasteiger partial charge in [-0.3, -0.25) is 14.3 Å². The van der Waals surface area contributed by atoms with Crippen molar-refractivity contribution in [2.75, 3.05) is 0 Å². The Morgan fingerprint density at radius 3 is 2.83 bits per heavy atom. The summed E-state index contributed by atoms with van der Waals surface area (Å²) in [5.74, 6) is -0.345. The number of rotatable bonds is 2. The van der Waals surface area contributed by atoms with Crippen molar-refractivity contribution >= 4 is 22.6 Å². The second-order valence-corrected chi connectivity index (χ2v) is 5.10. The van der Waals surface area contributed by atoms with Crippen LogP contribution in [0, 0.1) is 16.3 Å². The van der Waals surface area contributed by atoms with E-state index in [1.807, 2.05) is 29.5 Å². The van der Waals surface area contributed by atoms with Crippen LogP contribution in [0.3, 0.4) is 0 Å². The predicted octanol–water partition coefficient (Wildman–Crippen LogP) is 1.64. The van der Waals surface area contributed by atoms with Gasteiger partial charge in [0.1, 0.15) is 5.82 Å². The highest BCUT2D eigenvalue weighted by molar-refractivity contribution is 14.1. The van der Waals surface area contributed by atoms with E-state index in [1.54, 1.807) is 6.07 Å². The number of nitrogens with zero attached hydrogens (tertiary/aromatic N) is 1. The second kappa shape index (κ2) is 5.05. The molecule has 94 valence electrons. The Labute approximate surface area is 116 Å². The third-order valence-electron chi connectivity index (χ3n) is 2.62. The quantitative estimate of drug-likeness (QED) is 0.828. The van der Waals surface area contributed by atoms with E-state index in [0.717, 1.165) is 5.56 Å². The SMILES string of the molecule is Cc1ccc(F)cc1Cn1cc(I)c(=O)[nH]c1=O. The molecule has 0 saturated heterocycles. The zero-order valence-corrected chi connectivity index (χ0v) is 11.7. The number of aromatic amines is 1. The molecular formula is C12H10FIN2O2. The topological polar surface area (TPSA) is 54.9 Å². The summed E-state index contributed by atoms with van der Waals surface area (Å²) in [6, 6.07) is 4.42. The van der Waals surface area contributed by atoms with Crippen LogP contribution < -0.4 is 11.2 Å². The number of benzene rings is 1. The van der Waals surface area contributed by atoms with Crippen LogP contribution in [0.5, 0.6) is 0 Å². The molecule has 0 atom stereocenters. The first kappa shape index (κ1) is 13.0. The summed E-state index contributed by atoms with van der Waals surface area (Å²) in [6.07, 6.45) is 1.46. The van der Waals surface area contributed by atoms with Crippen LogP contribution in [-0.2, 0) is 6.54 Å². The van der Waals surface area contributed by atoms with Crippen LogP contribution in [0.15, 0.2) is 34.0 Å². The number of aromatic nitrogens is 2. The van der Waals surface area contributed by atoms with Crippen LogP contribution in [0.1, 0.15) is 11.1 Å². The Morgan fingerprint density at radius 1 is 1.39 bits per heavy atom. The molecule has 0 bridgehead atoms. The zero-order valence-electron chi connectivity index (χ0n) is 9.54. The van der Waals surface area contributed by atoms with Gasteiger partial charge in [0.2, 0.25) is 0 Å². The van der Waals surface area contributed by atoms with Crippen molar-refractivity contribution in [1.29, 1.82) is 0 Å². The van der Waals surface area contributed by atoms with E-state index in [1.165, 1.54) is 22.9 Å². The summed E-state index contributed by atoms with van der Waals surface area (Å²) in [4.78, 5) is 25.0. The second-order valence-electron chi connectivity index (χ2n) is 3.94. The normalized spacial score (nSPS) is 10.6. The number of hydrogen-bond acceptors (Lipinski definition) is 2. The molecule has 2 rings (SSSR count). The molecule has 0 amide bonds. The molecule has 1 heterocycles. The van der Waals surface area contributed by atoms with E-state index >= 15 is 0 Å². The lowest BCUT2D eigenvalue weighted by molar-refractivity contribution is 0.620. The predicted molar refractivity (Wildman–Crippen MR) is 74.3 cm³/mol. The number of nitrogens with one attached hydrogen (secondary N) is 1. The van der Waals surface area contributed by atoms with Crippen LogP contribution in [-0.4, -0.2) is 9.55 Å². The van der Waals surface area contributed by atoms with E-state index in [4.69, 9.17) is 0 Å². The standard InChI is InChI=1S/C12H10FIN2O2/c1-7-2-3-9(13)4-8(7)5-16-6-10(14)11(17)15-12(16)18/h2-4,6H,5H2,1H3,(H,15,17,18). The molecule has 0 aliphatic carbocycles. The molecule has 0 aliphatic heterocycles. The molecule has 4 nitrogen and oxygen atoms in total. The summed E-state index contributed by atoms with van der Waals surface area (Å²) >= 11 is 1.85. The Bertz CT molecular complexity index is 706. The summed E-state index contributed by atoms with van der Waals surface area (Å²) in [5, 5.41) is 0. The van der Waals surface area contributed by atoms with Gasteiger partial charge >= 0.3 is 5.69 Å². The smallest absolute Gasteiger partial charge is 0.295 e. The van der Waals surface area contributed by atoms with E-state index in [9.17, 15) is 14.0 Å². The summed E-state index contributed by atoms with van der Waals surface area (Å²) in [7, 11) is 0. The molecule has 2 aromatic rings. The van der Waals surface area contributed by atoms with Gasteiger partial charge in [0.25, 0.3) is 5.56 Å². The minimum atomic E-state index is -0.496. The van der Waals surface area contributed by atoms with Gasteiger partial charge < -0.3 is 0 Å². The highest BCUT2D eigenvalue weighted by Crippen LogP contribution is 2.11. The third-order valence-corrected chi connectivity index (χ3v) is 3.39. The van der Waals surface area contributed by atoms with E-state index in [0.29, 0.717) is 9.13 Å². The Balaban J connectivity index is 2.46. The van der Waals surface area contributed by atoms with Gasteiger partial charge in [-0.1, -0.05) is 6.07 Å². The molecule has 0 saturated carbocycles. The number of hydrogen-bond donors (Lipinski definition) is 1. The summed E-state index contributed by atoms with van der Waals surface area (Å²) < 4.78 is 14.9. The minimum Gasteiger partial charge on any atom is -0.295 e. The lowest BCUT2D eigenvalue weighted by atomic mass is 10.1. The molecular weight excluding hydrogens is 350 g/mol. The Morgan fingerprint density at radius 2 is 2.11 bits per heavy atom. The largest absolute Gasteiger partial charge is 0.328 e. The molecule has 0 aliphatic rings. The van der Waals surface area contributed by atoms with Crippen molar-refractivity contribution in [3.63, 3.8) is 0 Å². The van der Waals surface area contributed by atoms with Gasteiger partial charge in [0.05, 0.1) is 10.1 Å². The Kier molecular flexibility index (Phi) is 3.65. The maximum Gasteiger partial charge on any atom is 0.328 e. The van der Waals surface area contributed by atoms with E-state index in [2.05, 4.69) is 4.98 Å². The highest BCUT2D eigenvalue weighted by Gasteiger charge is 2.05. The fraction of sp³-hybridized carbons (Fsp3) is 0.167. The average molecular weight is 360 g/mol. The molecule has 0 unspecified atom stereocenters. The third kappa shape index (κ3) is 2.69. The van der Waals surface area contributed by atoms with Crippen molar-refractivity contribution < 1.29 is 4.39 Å².